The first-order valence-electron chi connectivity index (χ1n) is 8.40. The number of benzene rings is 2. The van der Waals surface area contributed by atoms with Crippen molar-refractivity contribution in [3.05, 3.63) is 48.5 Å². The van der Waals surface area contributed by atoms with Gasteiger partial charge in [0.2, 0.25) is 0 Å². The summed E-state index contributed by atoms with van der Waals surface area (Å²) in [5.41, 5.74) is 2.40. The molecular formula is C19H24ClN3O. The lowest BCUT2D eigenvalue weighted by atomic mass is 10.2. The highest BCUT2D eigenvalue weighted by Crippen LogP contribution is 2.28. The van der Waals surface area contributed by atoms with E-state index in [4.69, 9.17) is 0 Å². The van der Waals surface area contributed by atoms with Crippen molar-refractivity contribution in [3.63, 3.8) is 0 Å². The number of para-hydroxylation sites is 2. The summed E-state index contributed by atoms with van der Waals surface area (Å²) < 4.78 is 2.26. The molecule has 0 spiro atoms. The third kappa shape index (κ3) is 3.28. The Kier molecular flexibility index (Phi) is 5.41. The molecule has 1 unspecified atom stereocenters. The van der Waals surface area contributed by atoms with Crippen LogP contribution in [-0.4, -0.2) is 53.4 Å². The van der Waals surface area contributed by atoms with Crippen LogP contribution in [0.5, 0.6) is 0 Å². The van der Waals surface area contributed by atoms with Crippen molar-refractivity contribution in [2.45, 2.75) is 12.6 Å². The Morgan fingerprint density at radius 3 is 2.00 bits per heavy atom. The zero-order valence-corrected chi connectivity index (χ0v) is 14.5. The molecule has 1 aliphatic heterocycles. The van der Waals surface area contributed by atoms with Crippen molar-refractivity contribution in [1.29, 1.82) is 0 Å². The van der Waals surface area contributed by atoms with Gasteiger partial charge in [-0.2, -0.15) is 0 Å². The van der Waals surface area contributed by atoms with Crippen molar-refractivity contribution in [2.75, 3.05) is 32.7 Å². The Morgan fingerprint density at radius 1 is 0.875 bits per heavy atom. The molecule has 3 aromatic rings. The zero-order valence-electron chi connectivity index (χ0n) is 13.7. The van der Waals surface area contributed by atoms with Gasteiger partial charge in [0, 0.05) is 54.5 Å². The predicted molar refractivity (Wildman–Crippen MR) is 102 cm³/mol. The van der Waals surface area contributed by atoms with Crippen LogP contribution in [0.25, 0.3) is 21.8 Å². The molecule has 1 fully saturated rings. The lowest BCUT2D eigenvalue weighted by Gasteiger charge is -2.29. The van der Waals surface area contributed by atoms with Crippen LogP contribution in [0.1, 0.15) is 0 Å². The van der Waals surface area contributed by atoms with Crippen LogP contribution in [-0.2, 0) is 6.54 Å². The van der Waals surface area contributed by atoms with E-state index in [2.05, 4.69) is 63.3 Å². The summed E-state index contributed by atoms with van der Waals surface area (Å²) in [4.78, 5) is 2.34. The summed E-state index contributed by atoms with van der Waals surface area (Å²) in [6, 6.07) is 16.9. The Bertz CT molecular complexity index is 757. The van der Waals surface area contributed by atoms with E-state index in [1.165, 1.54) is 21.8 Å². The van der Waals surface area contributed by atoms with Crippen LogP contribution < -0.4 is 5.32 Å². The van der Waals surface area contributed by atoms with Gasteiger partial charge in [-0.3, -0.25) is 4.90 Å². The number of aromatic nitrogens is 1. The van der Waals surface area contributed by atoms with E-state index in [0.29, 0.717) is 6.54 Å². The van der Waals surface area contributed by atoms with E-state index < -0.39 is 0 Å². The zero-order chi connectivity index (χ0) is 15.6. The fourth-order valence-corrected chi connectivity index (χ4v) is 3.66. The molecule has 24 heavy (non-hydrogen) atoms. The molecule has 2 heterocycles. The molecule has 0 saturated carbocycles. The van der Waals surface area contributed by atoms with Gasteiger partial charge in [0.1, 0.15) is 0 Å². The smallest absolute Gasteiger partial charge is 0.0845 e. The number of aliphatic hydroxyl groups is 1. The Hall–Kier alpha value is -1.59. The Labute approximate surface area is 148 Å². The van der Waals surface area contributed by atoms with Gasteiger partial charge in [-0.25, -0.2) is 0 Å². The lowest BCUT2D eigenvalue weighted by Crippen LogP contribution is -2.46. The number of fused-ring (bicyclic) bond motifs is 3. The third-order valence-corrected chi connectivity index (χ3v) is 4.75. The molecule has 5 heteroatoms. The second kappa shape index (κ2) is 7.53. The number of nitrogens with zero attached hydrogens (tertiary/aromatic N) is 2. The largest absolute Gasteiger partial charge is 0.390 e. The summed E-state index contributed by atoms with van der Waals surface area (Å²) in [5, 5.41) is 16.5. The van der Waals surface area contributed by atoms with Crippen molar-refractivity contribution in [1.82, 2.24) is 14.8 Å². The van der Waals surface area contributed by atoms with Crippen LogP contribution in [0.2, 0.25) is 0 Å². The molecule has 128 valence electrons. The quantitative estimate of drug-likeness (QED) is 0.763. The summed E-state index contributed by atoms with van der Waals surface area (Å²) in [5.74, 6) is 0. The molecule has 0 bridgehead atoms. The highest BCUT2D eigenvalue weighted by molar-refractivity contribution is 6.07. The highest BCUT2D eigenvalue weighted by atomic mass is 35.5. The minimum absolute atomic E-state index is 0. The summed E-state index contributed by atoms with van der Waals surface area (Å²) in [6.45, 7) is 5.44. The van der Waals surface area contributed by atoms with E-state index in [9.17, 15) is 5.11 Å². The third-order valence-electron chi connectivity index (χ3n) is 4.75. The van der Waals surface area contributed by atoms with E-state index in [1.807, 2.05) is 0 Å². The van der Waals surface area contributed by atoms with E-state index in [-0.39, 0.29) is 18.5 Å². The fraction of sp³-hybridized carbons (Fsp3) is 0.368. The topological polar surface area (TPSA) is 40.4 Å². The van der Waals surface area contributed by atoms with Crippen molar-refractivity contribution < 1.29 is 5.11 Å². The SMILES string of the molecule is Cl.OC(CN1CCNCC1)Cn1c2ccccc2c2ccccc21. The first-order chi connectivity index (χ1) is 11.3. The van der Waals surface area contributed by atoms with Crippen molar-refractivity contribution in [3.8, 4) is 0 Å². The van der Waals surface area contributed by atoms with Gasteiger partial charge in [-0.15, -0.1) is 12.4 Å². The first kappa shape index (κ1) is 17.2. The van der Waals surface area contributed by atoms with Crippen LogP contribution in [0.3, 0.4) is 0 Å². The van der Waals surface area contributed by atoms with Gasteiger partial charge < -0.3 is 15.0 Å². The normalized spacial score (nSPS) is 17.0. The standard InChI is InChI=1S/C19H23N3O.ClH/c23-15(13-21-11-9-20-10-12-21)14-22-18-7-3-1-5-16(18)17-6-2-4-8-19(17)22;/h1-8,15,20,23H,9-14H2;1H. The second-order valence-electron chi connectivity index (χ2n) is 6.35. The second-order valence-corrected chi connectivity index (χ2v) is 6.35. The number of halogens is 1. The molecule has 1 aliphatic rings. The van der Waals surface area contributed by atoms with E-state index in [0.717, 1.165) is 32.7 Å². The number of piperazine rings is 1. The maximum Gasteiger partial charge on any atom is 0.0845 e. The molecule has 4 nitrogen and oxygen atoms in total. The molecule has 0 amide bonds. The lowest BCUT2D eigenvalue weighted by molar-refractivity contribution is 0.0936. The van der Waals surface area contributed by atoms with Gasteiger partial charge in [-0.1, -0.05) is 36.4 Å². The van der Waals surface area contributed by atoms with Gasteiger partial charge in [0.15, 0.2) is 0 Å². The number of β-amino-alcohol motifs (C(OH)–C–C–N with tert-alkyl or cyclic N) is 1. The monoisotopic (exact) mass is 345 g/mol. The number of rotatable bonds is 4. The molecular weight excluding hydrogens is 322 g/mol. The Balaban J connectivity index is 0.00000169. The summed E-state index contributed by atoms with van der Waals surface area (Å²) in [6.07, 6.45) is -0.354. The minimum Gasteiger partial charge on any atom is -0.390 e. The number of aliphatic hydroxyl groups excluding tert-OH is 1. The van der Waals surface area contributed by atoms with Crippen LogP contribution in [0.15, 0.2) is 48.5 Å². The molecule has 1 atom stereocenters. The van der Waals surface area contributed by atoms with Gasteiger partial charge >= 0.3 is 0 Å². The average molecular weight is 346 g/mol. The van der Waals surface area contributed by atoms with E-state index in [1.54, 1.807) is 0 Å². The van der Waals surface area contributed by atoms with Crippen molar-refractivity contribution in [2.24, 2.45) is 0 Å². The number of nitrogens with one attached hydrogen (secondary N) is 1. The molecule has 1 saturated heterocycles. The maximum atomic E-state index is 10.6. The molecule has 2 aromatic carbocycles. The van der Waals surface area contributed by atoms with Gasteiger partial charge in [0.25, 0.3) is 0 Å². The minimum atomic E-state index is -0.354. The predicted octanol–water partition coefficient (Wildman–Crippen LogP) is 2.48. The molecule has 4 rings (SSSR count). The van der Waals surface area contributed by atoms with Crippen LogP contribution in [0, 0.1) is 0 Å². The van der Waals surface area contributed by atoms with Crippen LogP contribution >= 0.6 is 12.4 Å². The number of hydrogen-bond donors (Lipinski definition) is 2. The highest BCUT2D eigenvalue weighted by Gasteiger charge is 2.17. The molecule has 0 radical (unpaired) electrons. The molecule has 2 N–H and O–H groups in total. The average Bonchev–Trinajstić information content (AvgIpc) is 2.90. The van der Waals surface area contributed by atoms with Gasteiger partial charge in [-0.05, 0) is 12.1 Å². The molecule has 0 aliphatic carbocycles. The first-order valence-corrected chi connectivity index (χ1v) is 8.40. The maximum absolute atomic E-state index is 10.6. The molecule has 1 aromatic heterocycles. The van der Waals surface area contributed by atoms with Crippen molar-refractivity contribution >= 4 is 34.2 Å². The number of hydrogen-bond acceptors (Lipinski definition) is 3. The summed E-state index contributed by atoms with van der Waals surface area (Å²) in [7, 11) is 0. The fourth-order valence-electron chi connectivity index (χ4n) is 3.66. The van der Waals surface area contributed by atoms with Crippen LogP contribution in [0.4, 0.5) is 0 Å². The summed E-state index contributed by atoms with van der Waals surface area (Å²) >= 11 is 0. The van der Waals surface area contributed by atoms with Gasteiger partial charge in [0.05, 0.1) is 12.6 Å². The van der Waals surface area contributed by atoms with E-state index >= 15 is 0 Å². The Morgan fingerprint density at radius 2 is 1.42 bits per heavy atom.